The van der Waals surface area contributed by atoms with Crippen LogP contribution in [-0.4, -0.2) is 50.8 Å². The lowest BCUT2D eigenvalue weighted by atomic mass is 10.0. The number of morpholine rings is 1. The Balaban J connectivity index is 1.64. The summed E-state index contributed by atoms with van der Waals surface area (Å²) >= 11 is 5.90. The molecular formula is C21H25ClN2O3. The molecule has 2 aromatic carbocycles. The number of hydrogen-bond acceptors (Lipinski definition) is 4. The standard InChI is InChI=1S/C21H25ClN2O3/c1-26-19-8-4-17(5-9-19)20(24-10-12-27-13-11-24)15-23-21(25)14-16-2-6-18(22)7-3-16/h2-9,20H,10-15H2,1H3,(H,23,25). The Kier molecular flexibility index (Phi) is 7.10. The summed E-state index contributed by atoms with van der Waals surface area (Å²) in [6.45, 7) is 3.68. The minimum atomic E-state index is 0.00379. The number of amides is 1. The zero-order valence-corrected chi connectivity index (χ0v) is 16.2. The van der Waals surface area contributed by atoms with Crippen molar-refractivity contribution >= 4 is 17.5 Å². The van der Waals surface area contributed by atoms with Gasteiger partial charge in [-0.1, -0.05) is 35.9 Å². The number of methoxy groups -OCH3 is 1. The van der Waals surface area contributed by atoms with Crippen LogP contribution in [0.25, 0.3) is 0 Å². The van der Waals surface area contributed by atoms with E-state index in [9.17, 15) is 4.79 Å². The lowest BCUT2D eigenvalue weighted by Crippen LogP contribution is -2.44. The van der Waals surface area contributed by atoms with Crippen LogP contribution in [0.5, 0.6) is 5.75 Å². The molecule has 1 unspecified atom stereocenters. The Morgan fingerprint density at radius 2 is 1.81 bits per heavy atom. The van der Waals surface area contributed by atoms with E-state index in [0.717, 1.165) is 30.0 Å². The summed E-state index contributed by atoms with van der Waals surface area (Å²) in [6, 6.07) is 15.5. The number of benzene rings is 2. The van der Waals surface area contributed by atoms with Crippen molar-refractivity contribution in [1.82, 2.24) is 10.2 Å². The van der Waals surface area contributed by atoms with E-state index in [0.29, 0.717) is 31.2 Å². The highest BCUT2D eigenvalue weighted by molar-refractivity contribution is 6.30. The van der Waals surface area contributed by atoms with Gasteiger partial charge < -0.3 is 14.8 Å². The molecule has 1 heterocycles. The van der Waals surface area contributed by atoms with E-state index in [4.69, 9.17) is 21.1 Å². The van der Waals surface area contributed by atoms with E-state index in [1.165, 1.54) is 0 Å². The molecular weight excluding hydrogens is 364 g/mol. The van der Waals surface area contributed by atoms with Gasteiger partial charge in [-0.15, -0.1) is 0 Å². The molecule has 0 aromatic heterocycles. The van der Waals surface area contributed by atoms with Gasteiger partial charge in [0.25, 0.3) is 0 Å². The number of halogens is 1. The lowest BCUT2D eigenvalue weighted by molar-refractivity contribution is -0.120. The maximum atomic E-state index is 12.4. The van der Waals surface area contributed by atoms with Crippen LogP contribution in [0.15, 0.2) is 48.5 Å². The molecule has 1 atom stereocenters. The first-order valence-electron chi connectivity index (χ1n) is 9.12. The molecule has 144 valence electrons. The third-order valence-corrected chi connectivity index (χ3v) is 5.01. The Labute approximate surface area is 165 Å². The van der Waals surface area contributed by atoms with Crippen LogP contribution in [0.2, 0.25) is 5.02 Å². The maximum Gasteiger partial charge on any atom is 0.224 e. The Morgan fingerprint density at radius 3 is 2.44 bits per heavy atom. The first-order chi connectivity index (χ1) is 13.2. The second-order valence-electron chi connectivity index (χ2n) is 6.54. The van der Waals surface area contributed by atoms with Crippen LogP contribution in [0.3, 0.4) is 0 Å². The van der Waals surface area contributed by atoms with Crippen LogP contribution < -0.4 is 10.1 Å². The number of carbonyl (C=O) groups excluding carboxylic acids is 1. The molecule has 0 aliphatic carbocycles. The zero-order chi connectivity index (χ0) is 19.1. The highest BCUT2D eigenvalue weighted by Gasteiger charge is 2.23. The van der Waals surface area contributed by atoms with Gasteiger partial charge in [-0.05, 0) is 35.4 Å². The Morgan fingerprint density at radius 1 is 1.15 bits per heavy atom. The summed E-state index contributed by atoms with van der Waals surface area (Å²) in [4.78, 5) is 14.8. The highest BCUT2D eigenvalue weighted by atomic mass is 35.5. The third-order valence-electron chi connectivity index (χ3n) is 4.76. The number of nitrogens with zero attached hydrogens (tertiary/aromatic N) is 1. The van der Waals surface area contributed by atoms with Gasteiger partial charge in [0, 0.05) is 24.7 Å². The topological polar surface area (TPSA) is 50.8 Å². The molecule has 3 rings (SSSR count). The fourth-order valence-electron chi connectivity index (χ4n) is 3.23. The van der Waals surface area contributed by atoms with Crippen LogP contribution in [0.4, 0.5) is 0 Å². The van der Waals surface area contributed by atoms with Crippen molar-refractivity contribution in [3.05, 3.63) is 64.7 Å². The summed E-state index contributed by atoms with van der Waals surface area (Å²) in [5.41, 5.74) is 2.11. The van der Waals surface area contributed by atoms with E-state index in [1.807, 2.05) is 24.3 Å². The van der Waals surface area contributed by atoms with Gasteiger partial charge in [-0.2, -0.15) is 0 Å². The predicted molar refractivity (Wildman–Crippen MR) is 106 cm³/mol. The molecule has 0 radical (unpaired) electrons. The molecule has 0 spiro atoms. The van der Waals surface area contributed by atoms with Gasteiger partial charge >= 0.3 is 0 Å². The Bertz CT molecular complexity index is 728. The first kappa shape index (κ1) is 19.7. The SMILES string of the molecule is COc1ccc(C(CNC(=O)Cc2ccc(Cl)cc2)N2CCOCC2)cc1. The first-order valence-corrected chi connectivity index (χ1v) is 9.50. The van der Waals surface area contributed by atoms with Crippen molar-refractivity contribution < 1.29 is 14.3 Å². The lowest BCUT2D eigenvalue weighted by Gasteiger charge is -2.35. The second-order valence-corrected chi connectivity index (χ2v) is 6.98. The summed E-state index contributed by atoms with van der Waals surface area (Å²) in [6.07, 6.45) is 0.343. The highest BCUT2D eigenvalue weighted by Crippen LogP contribution is 2.23. The average molecular weight is 389 g/mol. The van der Waals surface area contributed by atoms with Crippen LogP contribution in [0, 0.1) is 0 Å². The van der Waals surface area contributed by atoms with E-state index in [1.54, 1.807) is 19.2 Å². The summed E-state index contributed by atoms with van der Waals surface area (Å²) in [5.74, 6) is 0.829. The van der Waals surface area contributed by atoms with Gasteiger partial charge in [0.05, 0.1) is 32.8 Å². The minimum Gasteiger partial charge on any atom is -0.497 e. The molecule has 0 bridgehead atoms. The molecule has 1 aliphatic rings. The van der Waals surface area contributed by atoms with Gasteiger partial charge in [0.15, 0.2) is 0 Å². The quantitative estimate of drug-likeness (QED) is 0.792. The average Bonchev–Trinajstić information content (AvgIpc) is 2.71. The number of ether oxygens (including phenoxy) is 2. The molecule has 1 amide bonds. The molecule has 1 N–H and O–H groups in total. The van der Waals surface area contributed by atoms with E-state index >= 15 is 0 Å². The van der Waals surface area contributed by atoms with E-state index in [-0.39, 0.29) is 11.9 Å². The summed E-state index contributed by atoms with van der Waals surface area (Å²) in [7, 11) is 1.66. The normalized spacial score (nSPS) is 15.9. The molecule has 6 heteroatoms. The van der Waals surface area contributed by atoms with Crippen molar-refractivity contribution in [3.63, 3.8) is 0 Å². The molecule has 5 nitrogen and oxygen atoms in total. The Hall–Kier alpha value is -2.08. The molecule has 1 aliphatic heterocycles. The number of rotatable bonds is 7. The minimum absolute atomic E-state index is 0.00379. The zero-order valence-electron chi connectivity index (χ0n) is 15.5. The predicted octanol–water partition coefficient (Wildman–Crippen LogP) is 3.08. The number of hydrogen-bond donors (Lipinski definition) is 1. The largest absolute Gasteiger partial charge is 0.497 e. The van der Waals surface area contributed by atoms with Crippen LogP contribution in [0.1, 0.15) is 17.2 Å². The maximum absolute atomic E-state index is 12.4. The van der Waals surface area contributed by atoms with Gasteiger partial charge in [-0.25, -0.2) is 0 Å². The summed E-state index contributed by atoms with van der Waals surface area (Å²) in [5, 5.41) is 3.76. The van der Waals surface area contributed by atoms with Crippen molar-refractivity contribution in [2.45, 2.75) is 12.5 Å². The second kappa shape index (κ2) is 9.74. The van der Waals surface area contributed by atoms with Crippen molar-refractivity contribution in [2.75, 3.05) is 40.0 Å². The van der Waals surface area contributed by atoms with Gasteiger partial charge in [-0.3, -0.25) is 9.69 Å². The summed E-state index contributed by atoms with van der Waals surface area (Å²) < 4.78 is 10.7. The van der Waals surface area contributed by atoms with Crippen molar-refractivity contribution in [3.8, 4) is 5.75 Å². The van der Waals surface area contributed by atoms with Gasteiger partial charge in [0.2, 0.25) is 5.91 Å². The smallest absolute Gasteiger partial charge is 0.224 e. The molecule has 2 aromatic rings. The van der Waals surface area contributed by atoms with E-state index in [2.05, 4.69) is 22.3 Å². The molecule has 0 saturated carbocycles. The molecule has 1 fully saturated rings. The molecule has 27 heavy (non-hydrogen) atoms. The van der Waals surface area contributed by atoms with Crippen LogP contribution in [-0.2, 0) is 16.0 Å². The van der Waals surface area contributed by atoms with Crippen molar-refractivity contribution in [1.29, 1.82) is 0 Å². The van der Waals surface area contributed by atoms with Crippen molar-refractivity contribution in [2.24, 2.45) is 0 Å². The van der Waals surface area contributed by atoms with E-state index < -0.39 is 0 Å². The van der Waals surface area contributed by atoms with Gasteiger partial charge in [0.1, 0.15) is 5.75 Å². The number of carbonyl (C=O) groups is 1. The van der Waals surface area contributed by atoms with Crippen LogP contribution >= 0.6 is 11.6 Å². The third kappa shape index (κ3) is 5.70. The fraction of sp³-hybridized carbons (Fsp3) is 0.381. The monoisotopic (exact) mass is 388 g/mol. The number of nitrogens with one attached hydrogen (secondary N) is 1. The fourth-order valence-corrected chi connectivity index (χ4v) is 3.36. The molecule has 1 saturated heterocycles.